The summed E-state index contributed by atoms with van der Waals surface area (Å²) in [5.74, 6) is -1.53. The first-order valence-corrected chi connectivity index (χ1v) is 6.57. The predicted octanol–water partition coefficient (Wildman–Crippen LogP) is 4.47. The molecule has 2 aromatic rings. The van der Waals surface area contributed by atoms with E-state index in [1.54, 1.807) is 0 Å². The summed E-state index contributed by atoms with van der Waals surface area (Å²) in [6.07, 6.45) is -1.49. The van der Waals surface area contributed by atoms with Gasteiger partial charge in [0.1, 0.15) is 23.5 Å². The van der Waals surface area contributed by atoms with Crippen molar-refractivity contribution in [2.75, 3.05) is 0 Å². The molecule has 2 nitrogen and oxygen atoms in total. The standard InChI is InChI=1S/C12H8Br2F2O2/c1-5-2-3-7(15)9(10(5)16)11(17)8-4-6(13)12(14)18-8/h2-4,11,17H,1H3. The molecule has 0 spiro atoms. The lowest BCUT2D eigenvalue weighted by atomic mass is 10.0. The summed E-state index contributed by atoms with van der Waals surface area (Å²) in [7, 11) is 0. The van der Waals surface area contributed by atoms with Crippen molar-refractivity contribution in [1.82, 2.24) is 0 Å². The van der Waals surface area contributed by atoms with Gasteiger partial charge in [0.25, 0.3) is 0 Å². The maximum atomic E-state index is 13.8. The summed E-state index contributed by atoms with van der Waals surface area (Å²) >= 11 is 6.27. The Bertz CT molecular complexity index is 577. The summed E-state index contributed by atoms with van der Waals surface area (Å²) in [5, 5.41) is 10.0. The highest BCUT2D eigenvalue weighted by Crippen LogP contribution is 2.34. The summed E-state index contributed by atoms with van der Waals surface area (Å²) in [6.45, 7) is 1.50. The molecule has 0 radical (unpaired) electrons. The number of hydrogen-bond donors (Lipinski definition) is 1. The van der Waals surface area contributed by atoms with E-state index in [-0.39, 0.29) is 11.3 Å². The third-order valence-corrected chi connectivity index (χ3v) is 4.24. The fourth-order valence-electron chi connectivity index (χ4n) is 1.57. The Balaban J connectivity index is 2.52. The molecular formula is C12H8Br2F2O2. The zero-order valence-corrected chi connectivity index (χ0v) is 12.3. The highest BCUT2D eigenvalue weighted by Gasteiger charge is 2.24. The number of benzene rings is 1. The largest absolute Gasteiger partial charge is 0.450 e. The van der Waals surface area contributed by atoms with Crippen molar-refractivity contribution in [2.45, 2.75) is 13.0 Å². The van der Waals surface area contributed by atoms with Gasteiger partial charge >= 0.3 is 0 Å². The third kappa shape index (κ3) is 2.37. The van der Waals surface area contributed by atoms with Crippen LogP contribution in [0.2, 0.25) is 0 Å². The molecule has 1 aromatic carbocycles. The quantitative estimate of drug-likeness (QED) is 0.832. The maximum absolute atomic E-state index is 13.8. The van der Waals surface area contributed by atoms with Crippen LogP contribution in [0.3, 0.4) is 0 Å². The van der Waals surface area contributed by atoms with Crippen LogP contribution in [0.4, 0.5) is 8.78 Å². The molecule has 0 aliphatic heterocycles. The summed E-state index contributed by atoms with van der Waals surface area (Å²) < 4.78 is 33.5. The van der Waals surface area contributed by atoms with Gasteiger partial charge in [-0.25, -0.2) is 8.78 Å². The molecule has 0 aliphatic rings. The number of rotatable bonds is 2. The van der Waals surface area contributed by atoms with E-state index in [0.717, 1.165) is 6.07 Å². The van der Waals surface area contributed by atoms with Crippen LogP contribution in [0.5, 0.6) is 0 Å². The Labute approximate surface area is 119 Å². The number of furan rings is 1. The van der Waals surface area contributed by atoms with Crippen LogP contribution in [0, 0.1) is 18.6 Å². The maximum Gasteiger partial charge on any atom is 0.183 e. The van der Waals surface area contributed by atoms with Gasteiger partial charge in [-0.15, -0.1) is 0 Å². The predicted molar refractivity (Wildman–Crippen MR) is 69.3 cm³/mol. The summed E-state index contributed by atoms with van der Waals surface area (Å²) in [4.78, 5) is 0. The first kappa shape index (κ1) is 13.7. The van der Waals surface area contributed by atoms with E-state index in [0.29, 0.717) is 9.14 Å². The van der Waals surface area contributed by atoms with Crippen molar-refractivity contribution < 1.29 is 18.3 Å². The molecule has 2 rings (SSSR count). The van der Waals surface area contributed by atoms with Crippen molar-refractivity contribution in [2.24, 2.45) is 0 Å². The minimum Gasteiger partial charge on any atom is -0.450 e. The number of aliphatic hydroxyl groups excluding tert-OH is 1. The third-order valence-electron chi connectivity index (χ3n) is 2.53. The summed E-state index contributed by atoms with van der Waals surface area (Å²) in [5.41, 5.74) is -0.154. The van der Waals surface area contributed by atoms with E-state index < -0.39 is 23.3 Å². The fraction of sp³-hybridized carbons (Fsp3) is 0.167. The highest BCUT2D eigenvalue weighted by molar-refractivity contribution is 9.13. The number of hydrogen-bond acceptors (Lipinski definition) is 2. The van der Waals surface area contributed by atoms with Crippen molar-refractivity contribution in [3.8, 4) is 0 Å². The summed E-state index contributed by atoms with van der Waals surface area (Å²) in [6, 6.07) is 3.88. The average Bonchev–Trinajstić information content (AvgIpc) is 2.65. The Kier molecular flexibility index (Phi) is 3.89. The van der Waals surface area contributed by atoms with Gasteiger partial charge < -0.3 is 9.52 Å². The van der Waals surface area contributed by atoms with Crippen LogP contribution >= 0.6 is 31.9 Å². The van der Waals surface area contributed by atoms with E-state index in [9.17, 15) is 13.9 Å². The lowest BCUT2D eigenvalue weighted by Gasteiger charge is -2.11. The molecular weight excluding hydrogens is 374 g/mol. The Hall–Kier alpha value is -0.720. The fourth-order valence-corrected chi connectivity index (χ4v) is 2.18. The van der Waals surface area contributed by atoms with Crippen LogP contribution in [0.25, 0.3) is 0 Å². The van der Waals surface area contributed by atoms with E-state index in [1.165, 1.54) is 19.1 Å². The monoisotopic (exact) mass is 380 g/mol. The van der Waals surface area contributed by atoms with E-state index >= 15 is 0 Å². The molecule has 0 saturated heterocycles. The molecule has 0 amide bonds. The van der Waals surface area contributed by atoms with Gasteiger partial charge in [-0.1, -0.05) is 6.07 Å². The lowest BCUT2D eigenvalue weighted by Crippen LogP contribution is -2.06. The topological polar surface area (TPSA) is 33.4 Å². The molecule has 18 heavy (non-hydrogen) atoms. The smallest absolute Gasteiger partial charge is 0.183 e. The highest BCUT2D eigenvalue weighted by atomic mass is 79.9. The Morgan fingerprint density at radius 1 is 1.28 bits per heavy atom. The van der Waals surface area contributed by atoms with Crippen LogP contribution in [0.1, 0.15) is 23.0 Å². The normalized spacial score (nSPS) is 12.8. The lowest BCUT2D eigenvalue weighted by molar-refractivity contribution is 0.178. The second kappa shape index (κ2) is 5.11. The minimum absolute atomic E-state index is 0.0529. The van der Waals surface area contributed by atoms with Gasteiger partial charge in [-0.3, -0.25) is 0 Å². The number of aliphatic hydroxyl groups is 1. The molecule has 96 valence electrons. The van der Waals surface area contributed by atoms with Gasteiger partial charge in [0.2, 0.25) is 0 Å². The van der Waals surface area contributed by atoms with Gasteiger partial charge in [0.05, 0.1) is 10.0 Å². The van der Waals surface area contributed by atoms with E-state index in [4.69, 9.17) is 4.42 Å². The van der Waals surface area contributed by atoms with Crippen LogP contribution in [-0.2, 0) is 0 Å². The van der Waals surface area contributed by atoms with Gasteiger partial charge in [0, 0.05) is 0 Å². The van der Waals surface area contributed by atoms with Gasteiger partial charge in [0.15, 0.2) is 4.67 Å². The Morgan fingerprint density at radius 2 is 1.94 bits per heavy atom. The van der Waals surface area contributed by atoms with Crippen molar-refractivity contribution in [1.29, 1.82) is 0 Å². The van der Waals surface area contributed by atoms with Gasteiger partial charge in [-0.2, -0.15) is 0 Å². The van der Waals surface area contributed by atoms with Crippen LogP contribution in [0.15, 0.2) is 31.8 Å². The molecule has 1 N–H and O–H groups in total. The molecule has 1 unspecified atom stereocenters. The zero-order chi connectivity index (χ0) is 13.4. The minimum atomic E-state index is -1.49. The molecule has 0 saturated carbocycles. The van der Waals surface area contributed by atoms with E-state index in [1.807, 2.05) is 0 Å². The second-order valence-corrected chi connectivity index (χ2v) is 5.34. The first-order chi connectivity index (χ1) is 8.41. The second-order valence-electron chi connectivity index (χ2n) is 3.76. The Morgan fingerprint density at radius 3 is 2.50 bits per heavy atom. The molecule has 1 atom stereocenters. The van der Waals surface area contributed by atoms with Crippen molar-refractivity contribution in [3.05, 3.63) is 55.9 Å². The molecule has 6 heteroatoms. The first-order valence-electron chi connectivity index (χ1n) is 4.99. The van der Waals surface area contributed by atoms with Gasteiger partial charge in [-0.05, 0) is 56.5 Å². The van der Waals surface area contributed by atoms with Crippen LogP contribution < -0.4 is 0 Å². The SMILES string of the molecule is Cc1ccc(F)c(C(O)c2cc(Br)c(Br)o2)c1F. The zero-order valence-electron chi connectivity index (χ0n) is 9.18. The van der Waals surface area contributed by atoms with Crippen molar-refractivity contribution in [3.63, 3.8) is 0 Å². The molecule has 0 fully saturated rings. The number of aryl methyl sites for hydroxylation is 1. The molecule has 0 bridgehead atoms. The molecule has 1 heterocycles. The molecule has 1 aromatic heterocycles. The molecule has 0 aliphatic carbocycles. The van der Waals surface area contributed by atoms with Crippen molar-refractivity contribution >= 4 is 31.9 Å². The average molecular weight is 382 g/mol. The van der Waals surface area contributed by atoms with E-state index in [2.05, 4.69) is 31.9 Å². The van der Waals surface area contributed by atoms with Crippen LogP contribution in [-0.4, -0.2) is 5.11 Å². The number of halogens is 4.